The van der Waals surface area contributed by atoms with Crippen molar-refractivity contribution in [1.82, 2.24) is 0 Å². The molecule has 0 aromatic carbocycles. The molecule has 1 unspecified atom stereocenters. The van der Waals surface area contributed by atoms with Gasteiger partial charge in [-0.2, -0.15) is 0 Å². The summed E-state index contributed by atoms with van der Waals surface area (Å²) in [6.45, 7) is 14.2. The molecule has 114 valence electrons. The van der Waals surface area contributed by atoms with Crippen molar-refractivity contribution in [1.29, 1.82) is 0 Å². The molecule has 1 aliphatic rings. The van der Waals surface area contributed by atoms with E-state index in [1.165, 1.54) is 25.7 Å². The molecule has 1 N–H and O–H groups in total. The third-order valence-corrected chi connectivity index (χ3v) is 10.1. The quantitative estimate of drug-likeness (QED) is 0.686. The van der Waals surface area contributed by atoms with Gasteiger partial charge in [0.15, 0.2) is 8.32 Å². The molecule has 0 aromatic rings. The number of rotatable bonds is 7. The first-order valence-electron chi connectivity index (χ1n) is 7.97. The molecule has 1 rings (SSSR count). The lowest BCUT2D eigenvalue weighted by Crippen LogP contribution is -2.51. The van der Waals surface area contributed by atoms with Gasteiger partial charge < -0.3 is 9.53 Å². The van der Waals surface area contributed by atoms with Gasteiger partial charge in [0.2, 0.25) is 0 Å². The summed E-state index contributed by atoms with van der Waals surface area (Å²) in [5, 5.41) is 9.43. The Morgan fingerprint density at radius 2 is 1.84 bits per heavy atom. The van der Waals surface area contributed by atoms with Crippen LogP contribution in [0, 0.1) is 5.41 Å². The zero-order chi connectivity index (χ0) is 14.7. The maximum Gasteiger partial charge on any atom is 0.192 e. The van der Waals surface area contributed by atoms with E-state index in [1.807, 2.05) is 0 Å². The number of aliphatic hydroxyl groups is 1. The molecule has 1 aliphatic carbocycles. The summed E-state index contributed by atoms with van der Waals surface area (Å²) in [7, 11) is -1.71. The summed E-state index contributed by atoms with van der Waals surface area (Å²) in [4.78, 5) is 0. The monoisotopic (exact) mass is 286 g/mol. The van der Waals surface area contributed by atoms with E-state index in [1.54, 1.807) is 0 Å². The second-order valence-electron chi connectivity index (χ2n) is 7.80. The van der Waals surface area contributed by atoms with Gasteiger partial charge in [-0.05, 0) is 55.7 Å². The number of hydrogen-bond donors (Lipinski definition) is 1. The van der Waals surface area contributed by atoms with Crippen LogP contribution in [0.4, 0.5) is 0 Å². The summed E-state index contributed by atoms with van der Waals surface area (Å²) >= 11 is 0. The van der Waals surface area contributed by atoms with E-state index in [2.05, 4.69) is 40.8 Å². The summed E-state index contributed by atoms with van der Waals surface area (Å²) in [5.41, 5.74) is 0.407. The Kier molecular flexibility index (Phi) is 5.68. The van der Waals surface area contributed by atoms with Crippen molar-refractivity contribution in [3.63, 3.8) is 0 Å². The normalized spacial score (nSPS) is 21.0. The first-order chi connectivity index (χ1) is 8.68. The van der Waals surface area contributed by atoms with Gasteiger partial charge in [-0.15, -0.1) is 0 Å². The fraction of sp³-hybridized carbons (Fsp3) is 1.00. The van der Waals surface area contributed by atoms with Crippen LogP contribution in [0.1, 0.15) is 66.2 Å². The van der Waals surface area contributed by atoms with Gasteiger partial charge in [-0.3, -0.25) is 0 Å². The van der Waals surface area contributed by atoms with Crippen molar-refractivity contribution >= 4 is 8.32 Å². The molecule has 1 saturated carbocycles. The lowest BCUT2D eigenvalue weighted by Gasteiger charge is -2.51. The van der Waals surface area contributed by atoms with Gasteiger partial charge in [0.1, 0.15) is 0 Å². The zero-order valence-electron chi connectivity index (χ0n) is 13.9. The summed E-state index contributed by atoms with van der Waals surface area (Å²) in [6.07, 6.45) is 7.46. The van der Waals surface area contributed by atoms with Crippen LogP contribution in [0.15, 0.2) is 0 Å². The molecule has 1 atom stereocenters. The molecule has 0 heterocycles. The SMILES string of the molecule is CCC1(C(CCCO)O[Si](C)(C)C(C)(C)C)CCC1. The molecule has 3 heteroatoms. The minimum Gasteiger partial charge on any atom is -0.413 e. The Labute approximate surface area is 121 Å². The molecule has 0 spiro atoms. The predicted molar refractivity (Wildman–Crippen MR) is 85.0 cm³/mol. The molecule has 0 radical (unpaired) electrons. The van der Waals surface area contributed by atoms with Gasteiger partial charge in [-0.1, -0.05) is 34.1 Å². The van der Waals surface area contributed by atoms with Crippen molar-refractivity contribution < 1.29 is 9.53 Å². The Balaban J connectivity index is 2.80. The predicted octanol–water partition coefficient (Wildman–Crippen LogP) is 4.73. The summed E-state index contributed by atoms with van der Waals surface area (Å²) < 4.78 is 6.73. The first-order valence-corrected chi connectivity index (χ1v) is 10.9. The van der Waals surface area contributed by atoms with E-state index in [-0.39, 0.29) is 11.6 Å². The van der Waals surface area contributed by atoms with Crippen molar-refractivity contribution in [2.24, 2.45) is 5.41 Å². The smallest absolute Gasteiger partial charge is 0.192 e. The maximum absolute atomic E-state index is 9.16. The van der Waals surface area contributed by atoms with E-state index < -0.39 is 8.32 Å². The Bertz CT molecular complexity index is 271. The minimum atomic E-state index is -1.71. The first kappa shape index (κ1) is 17.2. The highest BCUT2D eigenvalue weighted by atomic mass is 28.4. The lowest BCUT2D eigenvalue weighted by molar-refractivity contribution is -0.0362. The van der Waals surface area contributed by atoms with Gasteiger partial charge in [0.05, 0.1) is 6.10 Å². The maximum atomic E-state index is 9.16. The lowest BCUT2D eigenvalue weighted by atomic mass is 9.62. The van der Waals surface area contributed by atoms with Crippen LogP contribution in [0.5, 0.6) is 0 Å². The molecular weight excluding hydrogens is 252 g/mol. The highest BCUT2D eigenvalue weighted by Crippen LogP contribution is 2.51. The van der Waals surface area contributed by atoms with E-state index in [4.69, 9.17) is 9.53 Å². The second kappa shape index (κ2) is 6.27. The van der Waals surface area contributed by atoms with Crippen molar-refractivity contribution in [2.45, 2.75) is 90.5 Å². The van der Waals surface area contributed by atoms with E-state index in [9.17, 15) is 0 Å². The molecule has 0 amide bonds. The van der Waals surface area contributed by atoms with Gasteiger partial charge in [-0.25, -0.2) is 0 Å². The average Bonchev–Trinajstić information content (AvgIpc) is 2.22. The number of hydrogen-bond acceptors (Lipinski definition) is 2. The number of aliphatic hydroxyl groups excluding tert-OH is 1. The highest BCUT2D eigenvalue weighted by Gasteiger charge is 2.47. The van der Waals surface area contributed by atoms with Crippen molar-refractivity contribution in [3.8, 4) is 0 Å². The molecular formula is C16H34O2Si. The summed E-state index contributed by atoms with van der Waals surface area (Å²) in [5.74, 6) is 0. The fourth-order valence-electron chi connectivity index (χ4n) is 2.83. The van der Waals surface area contributed by atoms with Crippen LogP contribution >= 0.6 is 0 Å². The van der Waals surface area contributed by atoms with Crippen LogP contribution in [-0.4, -0.2) is 26.1 Å². The van der Waals surface area contributed by atoms with Crippen molar-refractivity contribution in [2.75, 3.05) is 6.61 Å². The van der Waals surface area contributed by atoms with Crippen LogP contribution in [0.25, 0.3) is 0 Å². The van der Waals surface area contributed by atoms with Crippen LogP contribution < -0.4 is 0 Å². The van der Waals surface area contributed by atoms with E-state index >= 15 is 0 Å². The van der Waals surface area contributed by atoms with E-state index in [0.717, 1.165) is 12.8 Å². The molecule has 19 heavy (non-hydrogen) atoms. The van der Waals surface area contributed by atoms with Crippen molar-refractivity contribution in [3.05, 3.63) is 0 Å². The Morgan fingerprint density at radius 1 is 1.26 bits per heavy atom. The van der Waals surface area contributed by atoms with Gasteiger partial charge in [0, 0.05) is 6.61 Å². The topological polar surface area (TPSA) is 29.5 Å². The second-order valence-corrected chi connectivity index (χ2v) is 12.6. The molecule has 2 nitrogen and oxygen atoms in total. The van der Waals surface area contributed by atoms with Crippen LogP contribution in [0.3, 0.4) is 0 Å². The largest absolute Gasteiger partial charge is 0.413 e. The molecule has 0 aliphatic heterocycles. The zero-order valence-corrected chi connectivity index (χ0v) is 14.9. The van der Waals surface area contributed by atoms with Crippen LogP contribution in [-0.2, 0) is 4.43 Å². The third kappa shape index (κ3) is 3.83. The van der Waals surface area contributed by atoms with Gasteiger partial charge >= 0.3 is 0 Å². The fourth-order valence-corrected chi connectivity index (χ4v) is 4.27. The minimum absolute atomic E-state index is 0.267. The molecule has 1 fully saturated rings. The van der Waals surface area contributed by atoms with E-state index in [0.29, 0.717) is 11.5 Å². The molecule has 0 saturated heterocycles. The average molecular weight is 287 g/mol. The summed E-state index contributed by atoms with van der Waals surface area (Å²) in [6, 6.07) is 0. The third-order valence-electron chi connectivity index (χ3n) is 5.60. The highest BCUT2D eigenvalue weighted by molar-refractivity contribution is 6.74. The molecule has 0 bridgehead atoms. The van der Waals surface area contributed by atoms with Crippen LogP contribution in [0.2, 0.25) is 18.1 Å². The Morgan fingerprint density at radius 3 is 2.16 bits per heavy atom. The Hall–Kier alpha value is 0.137. The standard InChI is InChI=1S/C16H34O2Si/c1-7-16(11-9-12-16)14(10-8-13-17)18-19(5,6)15(2,3)4/h14,17H,7-13H2,1-6H3. The van der Waals surface area contributed by atoms with Gasteiger partial charge in [0.25, 0.3) is 0 Å². The molecule has 0 aromatic heterocycles.